The van der Waals surface area contributed by atoms with Crippen LogP contribution in [0.15, 0.2) is 24.3 Å². The first kappa shape index (κ1) is 15.5. The summed E-state index contributed by atoms with van der Waals surface area (Å²) in [4.78, 5) is 23.1. The molecule has 0 aliphatic heterocycles. The Morgan fingerprint density at radius 1 is 1.24 bits per heavy atom. The fraction of sp³-hybridized carbons (Fsp3) is 0.529. The van der Waals surface area contributed by atoms with Crippen LogP contribution in [0.5, 0.6) is 0 Å². The van der Waals surface area contributed by atoms with E-state index in [0.717, 1.165) is 12.1 Å². The third-order valence-electron chi connectivity index (χ3n) is 4.51. The number of carbonyl (C=O) groups is 2. The average molecular weight is 289 g/mol. The molecule has 1 aromatic rings. The van der Waals surface area contributed by atoms with Crippen LogP contribution in [-0.2, 0) is 9.59 Å². The molecule has 0 bridgehead atoms. The smallest absolute Gasteiger partial charge is 0.306 e. The molecule has 2 N–H and O–H groups in total. The average Bonchev–Trinajstić information content (AvgIpc) is 2.97. The molecule has 3 atom stereocenters. The first-order valence-corrected chi connectivity index (χ1v) is 7.64. The zero-order valence-electron chi connectivity index (χ0n) is 12.6. The Hall–Kier alpha value is -1.84. The van der Waals surface area contributed by atoms with Gasteiger partial charge in [-0.25, -0.2) is 0 Å². The predicted molar refractivity (Wildman–Crippen MR) is 82.2 cm³/mol. The van der Waals surface area contributed by atoms with Crippen LogP contribution >= 0.6 is 0 Å². The molecule has 0 heterocycles. The van der Waals surface area contributed by atoms with E-state index in [4.69, 9.17) is 5.11 Å². The van der Waals surface area contributed by atoms with Gasteiger partial charge < -0.3 is 10.4 Å². The predicted octanol–water partition coefficient (Wildman–Crippen LogP) is 3.64. The lowest BCUT2D eigenvalue weighted by Crippen LogP contribution is -2.21. The number of benzene rings is 1. The molecule has 0 spiro atoms. The Balaban J connectivity index is 1.93. The van der Waals surface area contributed by atoms with Crippen molar-refractivity contribution in [2.24, 2.45) is 11.8 Å². The van der Waals surface area contributed by atoms with E-state index < -0.39 is 5.97 Å². The first-order valence-electron chi connectivity index (χ1n) is 7.64. The van der Waals surface area contributed by atoms with Gasteiger partial charge in [-0.3, -0.25) is 9.59 Å². The van der Waals surface area contributed by atoms with Gasteiger partial charge in [-0.15, -0.1) is 0 Å². The topological polar surface area (TPSA) is 66.4 Å². The van der Waals surface area contributed by atoms with Crippen molar-refractivity contribution in [1.29, 1.82) is 0 Å². The minimum Gasteiger partial charge on any atom is -0.481 e. The molecule has 0 radical (unpaired) electrons. The van der Waals surface area contributed by atoms with Gasteiger partial charge in [0.1, 0.15) is 0 Å². The van der Waals surface area contributed by atoms with E-state index >= 15 is 0 Å². The summed E-state index contributed by atoms with van der Waals surface area (Å²) in [6, 6.07) is 7.92. The van der Waals surface area contributed by atoms with Gasteiger partial charge in [0.15, 0.2) is 0 Å². The molecule has 114 valence electrons. The second-order valence-corrected chi connectivity index (χ2v) is 5.97. The molecule has 1 fully saturated rings. The lowest BCUT2D eigenvalue weighted by molar-refractivity contribution is -0.141. The van der Waals surface area contributed by atoms with Gasteiger partial charge in [0.2, 0.25) is 5.91 Å². The van der Waals surface area contributed by atoms with Gasteiger partial charge in [0.05, 0.1) is 5.92 Å². The molecule has 1 unspecified atom stereocenters. The molecule has 0 aromatic heterocycles. The van der Waals surface area contributed by atoms with E-state index in [2.05, 4.69) is 19.2 Å². The first-order chi connectivity index (χ1) is 10.0. The van der Waals surface area contributed by atoms with Crippen molar-refractivity contribution < 1.29 is 14.7 Å². The lowest BCUT2D eigenvalue weighted by Gasteiger charge is -2.13. The van der Waals surface area contributed by atoms with Gasteiger partial charge in [-0.05, 0) is 49.3 Å². The van der Waals surface area contributed by atoms with Crippen molar-refractivity contribution in [3.8, 4) is 0 Å². The molecule has 4 nitrogen and oxygen atoms in total. The fourth-order valence-electron chi connectivity index (χ4n) is 2.82. The number of hydrogen-bond donors (Lipinski definition) is 2. The Kier molecular flexibility index (Phi) is 4.99. The van der Waals surface area contributed by atoms with Crippen LogP contribution in [0.25, 0.3) is 0 Å². The minimum atomic E-state index is -0.789. The van der Waals surface area contributed by atoms with Crippen molar-refractivity contribution in [2.45, 2.75) is 45.4 Å². The van der Waals surface area contributed by atoms with Crippen molar-refractivity contribution in [3.63, 3.8) is 0 Å². The number of anilines is 1. The molecule has 4 heteroatoms. The highest BCUT2D eigenvalue weighted by Gasteiger charge is 2.33. The van der Waals surface area contributed by atoms with Gasteiger partial charge in [0.25, 0.3) is 0 Å². The minimum absolute atomic E-state index is 0.0601. The molecule has 21 heavy (non-hydrogen) atoms. The molecule has 1 aliphatic carbocycles. The highest BCUT2D eigenvalue weighted by molar-refractivity contribution is 5.93. The molecule has 1 aromatic carbocycles. The van der Waals surface area contributed by atoms with E-state index in [-0.39, 0.29) is 17.7 Å². The molecular formula is C17H23NO3. The maximum absolute atomic E-state index is 12.2. The summed E-state index contributed by atoms with van der Waals surface area (Å²) in [6.07, 6.45) is 2.80. The molecular weight excluding hydrogens is 266 g/mol. The third kappa shape index (κ3) is 3.84. The Bertz CT molecular complexity index is 509. The summed E-state index contributed by atoms with van der Waals surface area (Å²) in [5, 5.41) is 11.9. The maximum atomic E-state index is 12.2. The maximum Gasteiger partial charge on any atom is 0.306 e. The van der Waals surface area contributed by atoms with Crippen LogP contribution in [0.4, 0.5) is 5.69 Å². The van der Waals surface area contributed by atoms with Gasteiger partial charge in [0, 0.05) is 11.6 Å². The Morgan fingerprint density at radius 3 is 2.38 bits per heavy atom. The number of hydrogen-bond acceptors (Lipinski definition) is 2. The summed E-state index contributed by atoms with van der Waals surface area (Å²) in [5.74, 6) is -0.881. The number of carboxylic acids is 1. The summed E-state index contributed by atoms with van der Waals surface area (Å²) in [6.45, 7) is 4.33. The molecule has 0 saturated heterocycles. The van der Waals surface area contributed by atoms with Gasteiger partial charge >= 0.3 is 5.97 Å². The summed E-state index contributed by atoms with van der Waals surface area (Å²) in [5.41, 5.74) is 2.05. The standard InChI is InChI=1S/C17H23NO3/c1-3-11(2)12-6-8-15(9-7-12)18-16(19)13-4-5-14(10-13)17(20)21/h6-9,11,13-14H,3-5,10H2,1-2H3,(H,18,19)(H,20,21)/t11?,13-,14+/m1/s1. The second-order valence-electron chi connectivity index (χ2n) is 5.97. The molecule has 1 saturated carbocycles. The zero-order chi connectivity index (χ0) is 15.4. The molecule has 1 amide bonds. The molecule has 1 aliphatic rings. The van der Waals surface area contributed by atoms with Crippen LogP contribution in [0.2, 0.25) is 0 Å². The largest absolute Gasteiger partial charge is 0.481 e. The molecule has 2 rings (SSSR count). The zero-order valence-corrected chi connectivity index (χ0v) is 12.6. The Labute approximate surface area is 125 Å². The lowest BCUT2D eigenvalue weighted by atomic mass is 9.98. The van der Waals surface area contributed by atoms with E-state index in [9.17, 15) is 9.59 Å². The highest BCUT2D eigenvalue weighted by Crippen LogP contribution is 2.32. The highest BCUT2D eigenvalue weighted by atomic mass is 16.4. The van der Waals surface area contributed by atoms with Crippen molar-refractivity contribution in [3.05, 3.63) is 29.8 Å². The van der Waals surface area contributed by atoms with Crippen molar-refractivity contribution >= 4 is 17.6 Å². The van der Waals surface area contributed by atoms with Crippen molar-refractivity contribution in [1.82, 2.24) is 0 Å². The fourth-order valence-corrected chi connectivity index (χ4v) is 2.82. The monoisotopic (exact) mass is 289 g/mol. The van der Waals surface area contributed by atoms with Crippen LogP contribution < -0.4 is 5.32 Å². The van der Waals surface area contributed by atoms with Crippen LogP contribution in [-0.4, -0.2) is 17.0 Å². The number of rotatable bonds is 5. The van der Waals surface area contributed by atoms with Crippen LogP contribution in [0, 0.1) is 11.8 Å². The Morgan fingerprint density at radius 2 is 1.86 bits per heavy atom. The van der Waals surface area contributed by atoms with E-state index in [1.807, 2.05) is 24.3 Å². The van der Waals surface area contributed by atoms with Gasteiger partial charge in [-0.1, -0.05) is 26.0 Å². The van der Waals surface area contributed by atoms with Crippen molar-refractivity contribution in [2.75, 3.05) is 5.32 Å². The number of amides is 1. The SMILES string of the molecule is CCC(C)c1ccc(NC(=O)[C@@H]2CC[C@H](C(=O)O)C2)cc1. The second kappa shape index (κ2) is 6.74. The quantitative estimate of drug-likeness (QED) is 0.869. The van der Waals surface area contributed by atoms with E-state index in [1.54, 1.807) is 0 Å². The van der Waals surface area contributed by atoms with E-state index in [1.165, 1.54) is 5.56 Å². The number of carboxylic acid groups (broad SMARTS) is 1. The summed E-state index contributed by atoms with van der Waals surface area (Å²) < 4.78 is 0. The van der Waals surface area contributed by atoms with Gasteiger partial charge in [-0.2, -0.15) is 0 Å². The number of carbonyl (C=O) groups excluding carboxylic acids is 1. The van der Waals surface area contributed by atoms with E-state index in [0.29, 0.717) is 25.2 Å². The number of nitrogens with one attached hydrogen (secondary N) is 1. The van der Waals surface area contributed by atoms with Crippen LogP contribution in [0.3, 0.4) is 0 Å². The number of aliphatic carboxylic acids is 1. The summed E-state index contributed by atoms with van der Waals surface area (Å²) in [7, 11) is 0. The summed E-state index contributed by atoms with van der Waals surface area (Å²) >= 11 is 0. The third-order valence-corrected chi connectivity index (χ3v) is 4.51. The van der Waals surface area contributed by atoms with Crippen LogP contribution in [0.1, 0.15) is 51.0 Å². The normalized spacial score (nSPS) is 22.8.